The Hall–Kier alpha value is -2.83. The molecule has 33 heavy (non-hydrogen) atoms. The molecule has 1 saturated heterocycles. The van der Waals surface area contributed by atoms with Crippen molar-refractivity contribution in [3.05, 3.63) is 66.1 Å². The van der Waals surface area contributed by atoms with E-state index in [1.54, 1.807) is 10.9 Å². The van der Waals surface area contributed by atoms with Crippen molar-refractivity contribution in [3.63, 3.8) is 0 Å². The van der Waals surface area contributed by atoms with E-state index in [1.807, 2.05) is 25.3 Å². The van der Waals surface area contributed by atoms with Gasteiger partial charge in [0.05, 0.1) is 28.6 Å². The molecule has 0 radical (unpaired) electrons. The Morgan fingerprint density at radius 3 is 2.55 bits per heavy atom. The van der Waals surface area contributed by atoms with Crippen molar-refractivity contribution in [2.45, 2.75) is 39.3 Å². The number of nitrogens with zero attached hydrogens (tertiary/aromatic N) is 5. The molecule has 4 rings (SSSR count). The third-order valence-corrected chi connectivity index (χ3v) is 6.65. The molecule has 6 nitrogen and oxygen atoms in total. The highest BCUT2D eigenvalue weighted by Gasteiger charge is 2.20. The second-order valence-corrected chi connectivity index (χ2v) is 9.17. The number of nitrogens with two attached hydrogens (primary N) is 1. The van der Waals surface area contributed by atoms with Gasteiger partial charge < -0.3 is 15.5 Å². The molecule has 1 aliphatic heterocycles. The van der Waals surface area contributed by atoms with Crippen molar-refractivity contribution >= 4 is 28.2 Å². The average molecular weight is 465 g/mol. The number of halogens is 1. The minimum absolute atomic E-state index is 0.200. The van der Waals surface area contributed by atoms with E-state index in [0.717, 1.165) is 66.0 Å². The van der Waals surface area contributed by atoms with Crippen molar-refractivity contribution in [2.75, 3.05) is 26.2 Å². The number of unbranched alkanes of at least 4 members (excludes halogenated alkanes) is 1. The number of pyridine rings is 1. The molecule has 0 spiro atoms. The van der Waals surface area contributed by atoms with Crippen molar-refractivity contribution in [1.29, 1.82) is 0 Å². The Morgan fingerprint density at radius 2 is 1.88 bits per heavy atom. The van der Waals surface area contributed by atoms with Gasteiger partial charge in [0, 0.05) is 54.7 Å². The first-order chi connectivity index (χ1) is 15.9. The fraction of sp³-hybridized carbons (Fsp3) is 0.385. The maximum atomic E-state index is 6.61. The van der Waals surface area contributed by atoms with Crippen LogP contribution in [-0.4, -0.2) is 50.7 Å². The standard InChI is InChI=1S/C26H33ClN6/c1-5-6-7-18(2)31-10-12-32(13-11-31)19(3)21-8-9-23-24(27)15-25(30-26(23)14-21)22-16-29-33(17-22)20(4)28/h8-9,14-17,20H,2-3,5-7,10-13,28H2,1,4H3. The van der Waals surface area contributed by atoms with Crippen LogP contribution >= 0.6 is 11.6 Å². The van der Waals surface area contributed by atoms with Gasteiger partial charge in [0.25, 0.3) is 0 Å². The fourth-order valence-corrected chi connectivity index (χ4v) is 4.48. The molecule has 0 amide bonds. The number of hydrogen-bond donors (Lipinski definition) is 1. The first-order valence-electron chi connectivity index (χ1n) is 11.6. The monoisotopic (exact) mass is 464 g/mol. The van der Waals surface area contributed by atoms with E-state index in [1.165, 1.54) is 18.5 Å². The van der Waals surface area contributed by atoms with E-state index >= 15 is 0 Å². The molecule has 1 fully saturated rings. The SMILES string of the molecule is C=C(CCCC)N1CCN(C(=C)c2ccc3c(Cl)cc(-c4cnn(C(C)N)c4)nc3c2)CC1. The summed E-state index contributed by atoms with van der Waals surface area (Å²) in [6.07, 6.45) is 6.95. The lowest BCUT2D eigenvalue weighted by molar-refractivity contribution is 0.209. The summed E-state index contributed by atoms with van der Waals surface area (Å²) in [6.45, 7) is 16.6. The molecule has 174 valence electrons. The molecule has 3 heterocycles. The van der Waals surface area contributed by atoms with Crippen LogP contribution in [0.5, 0.6) is 0 Å². The van der Waals surface area contributed by atoms with E-state index < -0.39 is 0 Å². The number of hydrogen-bond acceptors (Lipinski definition) is 5. The van der Waals surface area contributed by atoms with Crippen LogP contribution in [0.4, 0.5) is 0 Å². The van der Waals surface area contributed by atoms with Gasteiger partial charge in [0.2, 0.25) is 0 Å². The van der Waals surface area contributed by atoms with E-state index in [0.29, 0.717) is 5.02 Å². The van der Waals surface area contributed by atoms with Gasteiger partial charge in [-0.15, -0.1) is 0 Å². The Bertz CT molecular complexity index is 1160. The third-order valence-electron chi connectivity index (χ3n) is 6.33. The molecule has 1 aliphatic rings. The van der Waals surface area contributed by atoms with Crippen LogP contribution in [0.2, 0.25) is 5.02 Å². The molecule has 0 aliphatic carbocycles. The molecule has 1 atom stereocenters. The largest absolute Gasteiger partial charge is 0.372 e. The topological polar surface area (TPSA) is 63.2 Å². The maximum Gasteiger partial charge on any atom is 0.0960 e. The molecule has 1 aromatic carbocycles. The molecule has 2 N–H and O–H groups in total. The Balaban J connectivity index is 1.52. The van der Waals surface area contributed by atoms with E-state index in [2.05, 4.69) is 47.1 Å². The molecule has 7 heteroatoms. The summed E-state index contributed by atoms with van der Waals surface area (Å²) >= 11 is 6.61. The van der Waals surface area contributed by atoms with Crippen LogP contribution in [0.25, 0.3) is 27.9 Å². The van der Waals surface area contributed by atoms with Gasteiger partial charge >= 0.3 is 0 Å². The van der Waals surface area contributed by atoms with Crippen molar-refractivity contribution in [3.8, 4) is 11.3 Å². The number of aromatic nitrogens is 3. The molecular weight excluding hydrogens is 432 g/mol. The molecule has 3 aromatic rings. The summed E-state index contributed by atoms with van der Waals surface area (Å²) in [5, 5.41) is 5.91. The number of piperazine rings is 1. The fourth-order valence-electron chi connectivity index (χ4n) is 4.22. The third kappa shape index (κ3) is 5.07. The lowest BCUT2D eigenvalue weighted by Crippen LogP contribution is -2.44. The molecular formula is C26H33ClN6. The van der Waals surface area contributed by atoms with Gasteiger partial charge in [-0.2, -0.15) is 5.10 Å². The van der Waals surface area contributed by atoms with Gasteiger partial charge in [-0.3, -0.25) is 4.68 Å². The summed E-state index contributed by atoms with van der Waals surface area (Å²) in [5.74, 6) is 0. The van der Waals surface area contributed by atoms with Gasteiger partial charge in [-0.25, -0.2) is 4.98 Å². The zero-order chi connectivity index (χ0) is 23.5. The summed E-state index contributed by atoms with van der Waals surface area (Å²) in [5.41, 5.74) is 11.8. The Kier molecular flexibility index (Phi) is 7.05. The van der Waals surface area contributed by atoms with Crippen molar-refractivity contribution in [2.24, 2.45) is 5.73 Å². The molecule has 0 saturated carbocycles. The first-order valence-corrected chi connectivity index (χ1v) is 12.0. The van der Waals surface area contributed by atoms with Crippen molar-refractivity contribution < 1.29 is 0 Å². The molecule has 2 aromatic heterocycles. The zero-order valence-corrected chi connectivity index (χ0v) is 20.4. The van der Waals surface area contributed by atoms with E-state index in [4.69, 9.17) is 22.3 Å². The highest BCUT2D eigenvalue weighted by molar-refractivity contribution is 6.35. The normalized spacial score (nSPS) is 15.2. The van der Waals surface area contributed by atoms with Crippen LogP contribution < -0.4 is 5.73 Å². The number of rotatable bonds is 8. The van der Waals surface area contributed by atoms with Gasteiger partial charge in [0.1, 0.15) is 0 Å². The summed E-state index contributed by atoms with van der Waals surface area (Å²) in [6, 6.07) is 8.07. The first kappa shape index (κ1) is 23.3. The van der Waals surface area contributed by atoms with Gasteiger partial charge in [-0.1, -0.05) is 50.2 Å². The second-order valence-electron chi connectivity index (χ2n) is 8.76. The number of benzene rings is 1. The lowest BCUT2D eigenvalue weighted by atomic mass is 10.1. The van der Waals surface area contributed by atoms with Gasteiger partial charge in [0.15, 0.2) is 0 Å². The summed E-state index contributed by atoms with van der Waals surface area (Å²) in [7, 11) is 0. The Morgan fingerprint density at radius 1 is 1.15 bits per heavy atom. The molecule has 1 unspecified atom stereocenters. The zero-order valence-electron chi connectivity index (χ0n) is 19.6. The average Bonchev–Trinajstić information content (AvgIpc) is 3.32. The number of fused-ring (bicyclic) bond motifs is 1. The van der Waals surface area contributed by atoms with E-state index in [9.17, 15) is 0 Å². The second kappa shape index (κ2) is 9.98. The van der Waals surface area contributed by atoms with Crippen LogP contribution in [0, 0.1) is 0 Å². The van der Waals surface area contributed by atoms with Crippen molar-refractivity contribution in [1.82, 2.24) is 24.6 Å². The minimum atomic E-state index is -0.200. The highest BCUT2D eigenvalue weighted by Crippen LogP contribution is 2.31. The summed E-state index contributed by atoms with van der Waals surface area (Å²) < 4.78 is 1.71. The van der Waals surface area contributed by atoms with Crippen LogP contribution in [0.1, 0.15) is 44.8 Å². The van der Waals surface area contributed by atoms with Gasteiger partial charge in [-0.05, 0) is 37.5 Å². The van der Waals surface area contributed by atoms with Crippen LogP contribution in [-0.2, 0) is 0 Å². The Labute approximate surface area is 201 Å². The number of allylic oxidation sites excluding steroid dienone is 1. The smallest absolute Gasteiger partial charge is 0.0960 e. The van der Waals surface area contributed by atoms with E-state index in [-0.39, 0.29) is 6.17 Å². The lowest BCUT2D eigenvalue weighted by Gasteiger charge is -2.39. The summed E-state index contributed by atoms with van der Waals surface area (Å²) in [4.78, 5) is 9.64. The highest BCUT2D eigenvalue weighted by atomic mass is 35.5. The van der Waals surface area contributed by atoms with Crippen LogP contribution in [0.15, 0.2) is 55.5 Å². The minimum Gasteiger partial charge on any atom is -0.372 e. The predicted octanol–water partition coefficient (Wildman–Crippen LogP) is 5.52. The predicted molar refractivity (Wildman–Crippen MR) is 138 cm³/mol. The quantitative estimate of drug-likeness (QED) is 0.475. The maximum absolute atomic E-state index is 6.61. The van der Waals surface area contributed by atoms with Crippen LogP contribution in [0.3, 0.4) is 0 Å². The molecule has 0 bridgehead atoms.